The maximum absolute atomic E-state index is 6.19. The Bertz CT molecular complexity index is 306. The molecule has 0 aliphatic heterocycles. The van der Waals surface area contributed by atoms with Crippen LogP contribution in [0.5, 0.6) is 0 Å². The molecule has 86 valence electrons. The number of hydrogen-bond acceptors (Lipinski definition) is 0. The van der Waals surface area contributed by atoms with Crippen molar-refractivity contribution in [3.63, 3.8) is 0 Å². The normalized spacial score (nSPS) is 12.9. The van der Waals surface area contributed by atoms with Crippen LogP contribution in [0.2, 0.25) is 5.02 Å². The zero-order valence-corrected chi connectivity index (χ0v) is 11.7. The van der Waals surface area contributed by atoms with E-state index in [1.807, 2.05) is 12.1 Å². The SMILES string of the molecule is Cc1cccc(Cl)c1CCCS(C)(C)C. The van der Waals surface area contributed by atoms with E-state index in [0.29, 0.717) is 0 Å². The highest BCUT2D eigenvalue weighted by molar-refractivity contribution is 8.32. The molecule has 0 amide bonds. The molecule has 0 unspecified atom stereocenters. The van der Waals surface area contributed by atoms with Gasteiger partial charge in [-0.15, -0.1) is 0 Å². The Morgan fingerprint density at radius 3 is 2.40 bits per heavy atom. The average Bonchev–Trinajstić information content (AvgIpc) is 2.08. The topological polar surface area (TPSA) is 0 Å². The second kappa shape index (κ2) is 5.27. The van der Waals surface area contributed by atoms with Gasteiger partial charge in [0.25, 0.3) is 0 Å². The molecule has 1 aromatic carbocycles. The van der Waals surface area contributed by atoms with E-state index in [1.54, 1.807) is 0 Å². The summed E-state index contributed by atoms with van der Waals surface area (Å²) < 4.78 is 0. The second-order valence-electron chi connectivity index (χ2n) is 4.93. The van der Waals surface area contributed by atoms with Crippen molar-refractivity contribution in [1.29, 1.82) is 0 Å². The quantitative estimate of drug-likeness (QED) is 0.742. The van der Waals surface area contributed by atoms with Gasteiger partial charge in [0.1, 0.15) is 0 Å². The molecule has 0 saturated heterocycles. The molecule has 0 spiro atoms. The van der Waals surface area contributed by atoms with Crippen LogP contribution in [0.25, 0.3) is 0 Å². The van der Waals surface area contributed by atoms with Crippen molar-refractivity contribution in [1.82, 2.24) is 0 Å². The van der Waals surface area contributed by atoms with E-state index < -0.39 is 0 Å². The third-order valence-corrected chi connectivity index (χ3v) is 4.40. The number of benzene rings is 1. The van der Waals surface area contributed by atoms with Gasteiger partial charge in [0.05, 0.1) is 0 Å². The molecule has 0 saturated carbocycles. The molecular formula is C13H21ClS. The predicted molar refractivity (Wildman–Crippen MR) is 74.7 cm³/mol. The van der Waals surface area contributed by atoms with Crippen molar-refractivity contribution >= 4 is 21.6 Å². The van der Waals surface area contributed by atoms with Crippen LogP contribution in [-0.4, -0.2) is 24.5 Å². The van der Waals surface area contributed by atoms with E-state index in [4.69, 9.17) is 11.6 Å². The summed E-state index contributed by atoms with van der Waals surface area (Å²) in [5.74, 6) is 1.33. The lowest BCUT2D eigenvalue weighted by atomic mass is 10.0. The first kappa shape index (κ1) is 12.9. The van der Waals surface area contributed by atoms with Gasteiger partial charge in [-0.2, -0.15) is 0 Å². The van der Waals surface area contributed by atoms with Crippen molar-refractivity contribution in [2.24, 2.45) is 0 Å². The lowest BCUT2D eigenvalue weighted by Crippen LogP contribution is -2.01. The first-order chi connectivity index (χ1) is 6.90. The van der Waals surface area contributed by atoms with Crippen LogP contribution in [0.1, 0.15) is 17.5 Å². The summed E-state index contributed by atoms with van der Waals surface area (Å²) in [6.45, 7) is 2.14. The van der Waals surface area contributed by atoms with E-state index >= 15 is 0 Å². The van der Waals surface area contributed by atoms with E-state index in [1.165, 1.54) is 23.3 Å². The Labute approximate surface area is 100 Å². The fourth-order valence-corrected chi connectivity index (χ4v) is 2.99. The Balaban J connectivity index is 2.58. The molecule has 0 aromatic heterocycles. The standard InChI is InChI=1S/C13H21ClS/c1-11-7-5-9-13(14)12(11)8-6-10-15(2,3)4/h5,7,9H,6,8,10H2,1-4H3. The van der Waals surface area contributed by atoms with Gasteiger partial charge in [0.2, 0.25) is 0 Å². The van der Waals surface area contributed by atoms with Gasteiger partial charge >= 0.3 is 0 Å². The molecule has 0 heterocycles. The lowest BCUT2D eigenvalue weighted by Gasteiger charge is -2.25. The molecule has 0 aliphatic carbocycles. The Morgan fingerprint density at radius 2 is 1.87 bits per heavy atom. The Morgan fingerprint density at radius 1 is 1.20 bits per heavy atom. The van der Waals surface area contributed by atoms with Crippen molar-refractivity contribution in [3.8, 4) is 0 Å². The number of halogens is 1. The fourth-order valence-electron chi connectivity index (χ4n) is 1.67. The third kappa shape index (κ3) is 4.48. The van der Waals surface area contributed by atoms with Gasteiger partial charge in [-0.05, 0) is 61.5 Å². The molecular weight excluding hydrogens is 224 g/mol. The molecule has 15 heavy (non-hydrogen) atoms. The van der Waals surface area contributed by atoms with E-state index in [9.17, 15) is 0 Å². The molecule has 0 aliphatic rings. The second-order valence-corrected chi connectivity index (χ2v) is 9.93. The van der Waals surface area contributed by atoms with Gasteiger partial charge in [0, 0.05) is 5.02 Å². The monoisotopic (exact) mass is 244 g/mol. The molecule has 1 aromatic rings. The minimum absolute atomic E-state index is 0.363. The van der Waals surface area contributed by atoms with Crippen LogP contribution in [0.3, 0.4) is 0 Å². The van der Waals surface area contributed by atoms with E-state index in [0.717, 1.165) is 11.4 Å². The molecule has 0 atom stereocenters. The number of aryl methyl sites for hydroxylation is 1. The maximum atomic E-state index is 6.19. The van der Waals surface area contributed by atoms with Gasteiger partial charge in [-0.1, -0.05) is 23.7 Å². The lowest BCUT2D eigenvalue weighted by molar-refractivity contribution is 0.920. The summed E-state index contributed by atoms with van der Waals surface area (Å²) in [6, 6.07) is 6.16. The summed E-state index contributed by atoms with van der Waals surface area (Å²) in [6.07, 6.45) is 9.48. The summed E-state index contributed by atoms with van der Waals surface area (Å²) in [7, 11) is -0.363. The average molecular weight is 245 g/mol. The maximum Gasteiger partial charge on any atom is 0.0440 e. The zero-order chi connectivity index (χ0) is 11.5. The van der Waals surface area contributed by atoms with Crippen molar-refractivity contribution in [2.45, 2.75) is 19.8 Å². The minimum Gasteiger partial charge on any atom is -0.250 e. The van der Waals surface area contributed by atoms with Crippen LogP contribution in [0.15, 0.2) is 18.2 Å². The van der Waals surface area contributed by atoms with Crippen LogP contribution < -0.4 is 0 Å². The van der Waals surface area contributed by atoms with Gasteiger partial charge in [-0.25, -0.2) is 10.0 Å². The van der Waals surface area contributed by atoms with Crippen molar-refractivity contribution in [3.05, 3.63) is 34.3 Å². The van der Waals surface area contributed by atoms with Crippen LogP contribution >= 0.6 is 21.6 Å². The number of rotatable bonds is 4. The zero-order valence-electron chi connectivity index (χ0n) is 10.1. The molecule has 0 nitrogen and oxygen atoms in total. The van der Waals surface area contributed by atoms with Gasteiger partial charge in [0.15, 0.2) is 0 Å². The Hall–Kier alpha value is -0.140. The van der Waals surface area contributed by atoms with Crippen LogP contribution in [0.4, 0.5) is 0 Å². The first-order valence-corrected chi connectivity index (χ1v) is 8.70. The van der Waals surface area contributed by atoms with Crippen LogP contribution in [0, 0.1) is 6.92 Å². The highest BCUT2D eigenvalue weighted by Crippen LogP contribution is 2.35. The summed E-state index contributed by atoms with van der Waals surface area (Å²) in [5, 5.41) is 0.930. The highest BCUT2D eigenvalue weighted by Gasteiger charge is 2.07. The largest absolute Gasteiger partial charge is 0.250 e. The van der Waals surface area contributed by atoms with Gasteiger partial charge in [-0.3, -0.25) is 0 Å². The van der Waals surface area contributed by atoms with E-state index in [-0.39, 0.29) is 10.0 Å². The first-order valence-electron chi connectivity index (χ1n) is 5.30. The molecule has 1 rings (SSSR count). The van der Waals surface area contributed by atoms with Crippen molar-refractivity contribution < 1.29 is 0 Å². The molecule has 0 radical (unpaired) electrons. The smallest absolute Gasteiger partial charge is 0.0440 e. The van der Waals surface area contributed by atoms with Crippen molar-refractivity contribution in [2.75, 3.05) is 24.5 Å². The number of hydrogen-bond donors (Lipinski definition) is 0. The molecule has 0 bridgehead atoms. The fraction of sp³-hybridized carbons (Fsp3) is 0.538. The summed E-state index contributed by atoms with van der Waals surface area (Å²) >= 11 is 6.19. The molecule has 2 heteroatoms. The Kier molecular flexibility index (Phi) is 4.54. The molecule has 0 fully saturated rings. The predicted octanol–water partition coefficient (Wildman–Crippen LogP) is 4.28. The highest BCUT2D eigenvalue weighted by atomic mass is 35.5. The summed E-state index contributed by atoms with van der Waals surface area (Å²) in [4.78, 5) is 0. The summed E-state index contributed by atoms with van der Waals surface area (Å²) in [5.41, 5.74) is 2.66. The minimum atomic E-state index is -0.363. The molecule has 0 N–H and O–H groups in total. The van der Waals surface area contributed by atoms with Gasteiger partial charge < -0.3 is 0 Å². The third-order valence-electron chi connectivity index (χ3n) is 2.54. The van der Waals surface area contributed by atoms with Crippen LogP contribution in [-0.2, 0) is 6.42 Å². The van der Waals surface area contributed by atoms with E-state index in [2.05, 4.69) is 31.8 Å².